The van der Waals surface area contributed by atoms with Crippen LogP contribution in [0.3, 0.4) is 0 Å². The van der Waals surface area contributed by atoms with Gasteiger partial charge in [0.2, 0.25) is 5.91 Å². The molecule has 0 saturated heterocycles. The molecule has 0 aliphatic heterocycles. The molecule has 0 heterocycles. The van der Waals surface area contributed by atoms with Crippen LogP contribution in [0, 0.1) is 6.92 Å². The minimum atomic E-state index is -1.02. The second-order valence-corrected chi connectivity index (χ2v) is 5.37. The molecule has 0 aliphatic carbocycles. The fourth-order valence-corrected chi connectivity index (χ4v) is 1.98. The van der Waals surface area contributed by atoms with Crippen LogP contribution in [0.25, 0.3) is 6.08 Å². The number of carboxylic acids is 1. The molecular formula is C16H20ClNO3. The molecule has 0 aliphatic rings. The van der Waals surface area contributed by atoms with Crippen molar-refractivity contribution in [3.8, 4) is 0 Å². The van der Waals surface area contributed by atoms with Crippen molar-refractivity contribution in [1.82, 2.24) is 4.90 Å². The van der Waals surface area contributed by atoms with Gasteiger partial charge in [0.1, 0.15) is 6.54 Å². The molecule has 1 amide bonds. The van der Waals surface area contributed by atoms with Crippen molar-refractivity contribution in [2.24, 2.45) is 0 Å². The van der Waals surface area contributed by atoms with E-state index in [-0.39, 0.29) is 18.5 Å². The SMILES string of the molecule is CCC(C)N(CC(=O)O)C(=O)/C=C/c1ccc(C)c(Cl)c1. The zero-order chi connectivity index (χ0) is 16.0. The molecule has 5 heteroatoms. The van der Waals surface area contributed by atoms with Crippen LogP contribution in [0.15, 0.2) is 24.3 Å². The summed E-state index contributed by atoms with van der Waals surface area (Å²) in [6, 6.07) is 5.37. The lowest BCUT2D eigenvalue weighted by molar-refractivity contribution is -0.144. The largest absolute Gasteiger partial charge is 0.480 e. The summed E-state index contributed by atoms with van der Waals surface area (Å²) >= 11 is 6.03. The molecule has 1 aromatic carbocycles. The van der Waals surface area contributed by atoms with E-state index in [0.29, 0.717) is 11.4 Å². The van der Waals surface area contributed by atoms with E-state index in [1.807, 2.05) is 32.9 Å². The van der Waals surface area contributed by atoms with E-state index in [4.69, 9.17) is 16.7 Å². The minimum Gasteiger partial charge on any atom is -0.480 e. The van der Waals surface area contributed by atoms with Crippen molar-refractivity contribution in [2.45, 2.75) is 33.2 Å². The van der Waals surface area contributed by atoms with Gasteiger partial charge in [-0.15, -0.1) is 0 Å². The third kappa shape index (κ3) is 5.23. The number of aryl methyl sites for hydroxylation is 1. The van der Waals surface area contributed by atoms with Crippen LogP contribution in [-0.4, -0.2) is 34.5 Å². The van der Waals surface area contributed by atoms with Crippen LogP contribution in [-0.2, 0) is 9.59 Å². The molecule has 114 valence electrons. The Morgan fingerprint density at radius 1 is 1.43 bits per heavy atom. The third-order valence-corrected chi connectivity index (χ3v) is 3.73. The molecule has 1 aromatic rings. The molecule has 0 fully saturated rings. The van der Waals surface area contributed by atoms with E-state index in [0.717, 1.165) is 11.1 Å². The maximum absolute atomic E-state index is 12.1. The number of hydrogen-bond acceptors (Lipinski definition) is 2. The zero-order valence-electron chi connectivity index (χ0n) is 12.5. The summed E-state index contributed by atoms with van der Waals surface area (Å²) in [6.07, 6.45) is 3.73. The number of nitrogens with zero attached hydrogens (tertiary/aromatic N) is 1. The summed E-state index contributed by atoms with van der Waals surface area (Å²) in [4.78, 5) is 24.3. The fraction of sp³-hybridized carbons (Fsp3) is 0.375. The Bertz CT molecular complexity index is 554. The highest BCUT2D eigenvalue weighted by Gasteiger charge is 2.19. The van der Waals surface area contributed by atoms with Gasteiger partial charge in [0.15, 0.2) is 0 Å². The van der Waals surface area contributed by atoms with E-state index in [1.54, 1.807) is 12.1 Å². The number of hydrogen-bond donors (Lipinski definition) is 1. The molecule has 1 N–H and O–H groups in total. The number of rotatable bonds is 6. The molecular weight excluding hydrogens is 290 g/mol. The van der Waals surface area contributed by atoms with Crippen LogP contribution in [0.1, 0.15) is 31.4 Å². The second-order valence-electron chi connectivity index (χ2n) is 4.96. The van der Waals surface area contributed by atoms with Crippen molar-refractivity contribution in [2.75, 3.05) is 6.54 Å². The Balaban J connectivity index is 2.86. The first-order chi connectivity index (χ1) is 9.85. The summed E-state index contributed by atoms with van der Waals surface area (Å²) in [5.74, 6) is -1.33. The standard InChI is InChI=1S/C16H20ClNO3/c1-4-12(3)18(10-16(20)21)15(19)8-7-13-6-5-11(2)14(17)9-13/h5-9,12H,4,10H2,1-3H3,(H,20,21)/b8-7+. The van der Waals surface area contributed by atoms with E-state index in [2.05, 4.69) is 0 Å². The number of benzene rings is 1. The van der Waals surface area contributed by atoms with E-state index in [1.165, 1.54) is 11.0 Å². The van der Waals surface area contributed by atoms with Crippen LogP contribution < -0.4 is 0 Å². The normalized spacial score (nSPS) is 12.4. The van der Waals surface area contributed by atoms with Crippen LogP contribution in [0.5, 0.6) is 0 Å². The van der Waals surface area contributed by atoms with Crippen molar-refractivity contribution < 1.29 is 14.7 Å². The maximum atomic E-state index is 12.1. The smallest absolute Gasteiger partial charge is 0.323 e. The number of halogens is 1. The first-order valence-electron chi connectivity index (χ1n) is 6.81. The fourth-order valence-electron chi connectivity index (χ4n) is 1.79. The molecule has 1 rings (SSSR count). The molecule has 4 nitrogen and oxygen atoms in total. The van der Waals surface area contributed by atoms with Crippen LogP contribution in [0.4, 0.5) is 0 Å². The number of carbonyl (C=O) groups is 2. The zero-order valence-corrected chi connectivity index (χ0v) is 13.2. The Morgan fingerprint density at radius 2 is 2.10 bits per heavy atom. The number of aliphatic carboxylic acids is 1. The Hall–Kier alpha value is -1.81. The van der Waals surface area contributed by atoms with E-state index < -0.39 is 5.97 Å². The molecule has 0 bridgehead atoms. The van der Waals surface area contributed by atoms with Gasteiger partial charge in [0.05, 0.1) is 0 Å². The molecule has 0 aromatic heterocycles. The van der Waals surface area contributed by atoms with Crippen molar-refractivity contribution in [3.63, 3.8) is 0 Å². The van der Waals surface area contributed by atoms with Gasteiger partial charge in [-0.2, -0.15) is 0 Å². The number of carbonyl (C=O) groups excluding carboxylic acids is 1. The third-order valence-electron chi connectivity index (χ3n) is 3.33. The average Bonchev–Trinajstić information content (AvgIpc) is 2.44. The molecule has 1 atom stereocenters. The summed E-state index contributed by atoms with van der Waals surface area (Å²) < 4.78 is 0. The number of carboxylic acid groups (broad SMARTS) is 1. The summed E-state index contributed by atoms with van der Waals surface area (Å²) in [7, 11) is 0. The van der Waals surface area contributed by atoms with Gasteiger partial charge in [0.25, 0.3) is 0 Å². The molecule has 0 radical (unpaired) electrons. The van der Waals surface area contributed by atoms with Crippen LogP contribution >= 0.6 is 11.6 Å². The van der Waals surface area contributed by atoms with Gasteiger partial charge in [-0.05, 0) is 43.5 Å². The molecule has 21 heavy (non-hydrogen) atoms. The van der Waals surface area contributed by atoms with Crippen molar-refractivity contribution in [3.05, 3.63) is 40.4 Å². The van der Waals surface area contributed by atoms with E-state index in [9.17, 15) is 9.59 Å². The van der Waals surface area contributed by atoms with Gasteiger partial charge >= 0.3 is 5.97 Å². The highest BCUT2D eigenvalue weighted by molar-refractivity contribution is 6.31. The first-order valence-corrected chi connectivity index (χ1v) is 7.19. The highest BCUT2D eigenvalue weighted by Crippen LogP contribution is 2.17. The molecule has 0 spiro atoms. The molecule has 1 unspecified atom stereocenters. The Labute approximate surface area is 130 Å². The van der Waals surface area contributed by atoms with E-state index >= 15 is 0 Å². The maximum Gasteiger partial charge on any atom is 0.323 e. The second kappa shape index (κ2) is 7.84. The first kappa shape index (κ1) is 17.2. The van der Waals surface area contributed by atoms with Gasteiger partial charge in [0, 0.05) is 17.1 Å². The van der Waals surface area contributed by atoms with Crippen molar-refractivity contribution in [1.29, 1.82) is 0 Å². The Morgan fingerprint density at radius 3 is 2.62 bits per heavy atom. The minimum absolute atomic E-state index is 0.125. The lowest BCUT2D eigenvalue weighted by atomic mass is 10.1. The van der Waals surface area contributed by atoms with Gasteiger partial charge in [-0.3, -0.25) is 9.59 Å². The Kier molecular flexibility index (Phi) is 6.43. The lowest BCUT2D eigenvalue weighted by Gasteiger charge is -2.25. The topological polar surface area (TPSA) is 57.6 Å². The summed E-state index contributed by atoms with van der Waals surface area (Å²) in [5, 5.41) is 9.53. The average molecular weight is 310 g/mol. The van der Waals surface area contributed by atoms with Gasteiger partial charge in [-0.25, -0.2) is 0 Å². The monoisotopic (exact) mass is 309 g/mol. The van der Waals surface area contributed by atoms with Gasteiger partial charge in [-0.1, -0.05) is 30.7 Å². The van der Waals surface area contributed by atoms with Crippen molar-refractivity contribution >= 4 is 29.6 Å². The summed E-state index contributed by atoms with van der Waals surface area (Å²) in [6.45, 7) is 5.35. The number of amides is 1. The van der Waals surface area contributed by atoms with Gasteiger partial charge < -0.3 is 10.0 Å². The predicted molar refractivity (Wildman–Crippen MR) is 84.3 cm³/mol. The quantitative estimate of drug-likeness (QED) is 0.820. The highest BCUT2D eigenvalue weighted by atomic mass is 35.5. The predicted octanol–water partition coefficient (Wildman–Crippen LogP) is 3.37. The molecule has 0 saturated carbocycles. The van der Waals surface area contributed by atoms with Crippen LogP contribution in [0.2, 0.25) is 5.02 Å². The lowest BCUT2D eigenvalue weighted by Crippen LogP contribution is -2.40. The summed E-state index contributed by atoms with van der Waals surface area (Å²) in [5.41, 5.74) is 1.77.